The molecule has 0 saturated heterocycles. The van der Waals surface area contributed by atoms with Gasteiger partial charge in [-0.1, -0.05) is 18.6 Å². The van der Waals surface area contributed by atoms with Gasteiger partial charge in [0, 0.05) is 6.04 Å². The monoisotopic (exact) mass is 287 g/mol. The molecule has 1 aliphatic rings. The summed E-state index contributed by atoms with van der Waals surface area (Å²) in [5, 5.41) is 12.1. The zero-order valence-corrected chi connectivity index (χ0v) is 10.8. The Hall–Kier alpha value is -1.72. The van der Waals surface area contributed by atoms with Gasteiger partial charge in [0.05, 0.1) is 11.5 Å². The smallest absolute Gasteiger partial charge is 0.391 e. The molecule has 0 aliphatic heterocycles. The number of hydrogen-bond donors (Lipinski definition) is 2. The van der Waals surface area contributed by atoms with Crippen LogP contribution in [0.15, 0.2) is 24.3 Å². The van der Waals surface area contributed by atoms with Crippen molar-refractivity contribution in [2.75, 3.05) is 0 Å². The van der Waals surface area contributed by atoms with Gasteiger partial charge in [-0.3, -0.25) is 4.79 Å². The Morgan fingerprint density at radius 1 is 1.25 bits per heavy atom. The zero-order valence-electron chi connectivity index (χ0n) is 10.8. The van der Waals surface area contributed by atoms with Crippen molar-refractivity contribution in [2.45, 2.75) is 37.9 Å². The lowest BCUT2D eigenvalue weighted by atomic mass is 9.85. The minimum Gasteiger partial charge on any atom is -0.507 e. The number of alkyl halides is 3. The van der Waals surface area contributed by atoms with Crippen LogP contribution in [0, 0.1) is 5.92 Å². The van der Waals surface area contributed by atoms with Gasteiger partial charge in [0.15, 0.2) is 0 Å². The van der Waals surface area contributed by atoms with Crippen molar-refractivity contribution in [3.63, 3.8) is 0 Å². The van der Waals surface area contributed by atoms with Crippen molar-refractivity contribution < 1.29 is 23.1 Å². The second kappa shape index (κ2) is 5.73. The molecule has 1 saturated carbocycles. The normalized spacial score (nSPS) is 23.4. The number of amides is 1. The largest absolute Gasteiger partial charge is 0.507 e. The predicted molar refractivity (Wildman–Crippen MR) is 67.4 cm³/mol. The third kappa shape index (κ3) is 3.43. The molecule has 0 heterocycles. The number of nitrogens with one attached hydrogen (secondary N) is 1. The SMILES string of the molecule is O=C(NC1CCCC(C(F)(F)F)C1)c1ccccc1O. The first kappa shape index (κ1) is 14.7. The number of phenols is 1. The molecule has 0 radical (unpaired) electrons. The van der Waals surface area contributed by atoms with E-state index in [9.17, 15) is 23.1 Å². The van der Waals surface area contributed by atoms with Crippen molar-refractivity contribution in [1.82, 2.24) is 5.32 Å². The highest BCUT2D eigenvalue weighted by Crippen LogP contribution is 2.37. The number of aromatic hydroxyl groups is 1. The van der Waals surface area contributed by atoms with Gasteiger partial charge >= 0.3 is 6.18 Å². The first-order valence-corrected chi connectivity index (χ1v) is 6.53. The van der Waals surface area contributed by atoms with E-state index in [1.165, 1.54) is 12.1 Å². The molecular weight excluding hydrogens is 271 g/mol. The number of benzene rings is 1. The van der Waals surface area contributed by atoms with Crippen LogP contribution in [0.25, 0.3) is 0 Å². The number of rotatable bonds is 2. The fourth-order valence-corrected chi connectivity index (χ4v) is 2.55. The van der Waals surface area contributed by atoms with Crippen molar-refractivity contribution >= 4 is 5.91 Å². The third-order valence-corrected chi connectivity index (χ3v) is 3.62. The lowest BCUT2D eigenvalue weighted by Gasteiger charge is -2.31. The predicted octanol–water partition coefficient (Wildman–Crippen LogP) is 3.24. The van der Waals surface area contributed by atoms with E-state index < -0.39 is 24.0 Å². The minimum atomic E-state index is -4.21. The summed E-state index contributed by atoms with van der Waals surface area (Å²) in [7, 11) is 0. The van der Waals surface area contributed by atoms with Crippen LogP contribution in [0.5, 0.6) is 5.75 Å². The fourth-order valence-electron chi connectivity index (χ4n) is 2.55. The van der Waals surface area contributed by atoms with Gasteiger partial charge in [-0.25, -0.2) is 0 Å². The highest BCUT2D eigenvalue weighted by atomic mass is 19.4. The van der Waals surface area contributed by atoms with Crippen molar-refractivity contribution in [1.29, 1.82) is 0 Å². The fraction of sp³-hybridized carbons (Fsp3) is 0.500. The van der Waals surface area contributed by atoms with Crippen LogP contribution in [0.3, 0.4) is 0 Å². The highest BCUT2D eigenvalue weighted by molar-refractivity contribution is 5.96. The molecule has 20 heavy (non-hydrogen) atoms. The first-order chi connectivity index (χ1) is 9.38. The van der Waals surface area contributed by atoms with E-state index >= 15 is 0 Å². The van der Waals surface area contributed by atoms with Gasteiger partial charge in [0.2, 0.25) is 0 Å². The molecule has 1 fully saturated rings. The molecule has 1 aromatic rings. The van der Waals surface area contributed by atoms with E-state index in [1.807, 2.05) is 0 Å². The summed E-state index contributed by atoms with van der Waals surface area (Å²) in [6.07, 6.45) is -3.21. The molecule has 2 unspecified atom stereocenters. The summed E-state index contributed by atoms with van der Waals surface area (Å²) in [5.74, 6) is -2.06. The maximum atomic E-state index is 12.7. The second-order valence-electron chi connectivity index (χ2n) is 5.09. The maximum absolute atomic E-state index is 12.7. The maximum Gasteiger partial charge on any atom is 0.391 e. The van der Waals surface area contributed by atoms with Crippen LogP contribution in [0.4, 0.5) is 13.2 Å². The van der Waals surface area contributed by atoms with E-state index in [1.54, 1.807) is 12.1 Å². The lowest BCUT2D eigenvalue weighted by Crippen LogP contribution is -2.41. The molecule has 3 nitrogen and oxygen atoms in total. The molecule has 2 N–H and O–H groups in total. The average molecular weight is 287 g/mol. The molecule has 2 atom stereocenters. The second-order valence-corrected chi connectivity index (χ2v) is 5.09. The Morgan fingerprint density at radius 2 is 1.95 bits per heavy atom. The number of carbonyl (C=O) groups is 1. The zero-order chi connectivity index (χ0) is 14.8. The standard InChI is InChI=1S/C14H16F3NO2/c15-14(16,17)9-4-3-5-10(8-9)18-13(20)11-6-1-2-7-12(11)19/h1-2,6-7,9-10,19H,3-5,8H2,(H,18,20). The molecular formula is C14H16F3NO2. The number of phenolic OH excluding ortho intramolecular Hbond substituents is 1. The molecule has 110 valence electrons. The Bertz CT molecular complexity index is 488. The number of halogens is 3. The van der Waals surface area contributed by atoms with Crippen LogP contribution in [-0.4, -0.2) is 23.2 Å². The summed E-state index contributed by atoms with van der Waals surface area (Å²) < 4.78 is 38.1. The Kier molecular flexibility index (Phi) is 4.20. The van der Waals surface area contributed by atoms with Crippen LogP contribution in [0.1, 0.15) is 36.0 Å². The van der Waals surface area contributed by atoms with Gasteiger partial charge in [0.25, 0.3) is 5.91 Å². The summed E-state index contributed by atoms with van der Waals surface area (Å²) in [6, 6.07) is 5.48. The molecule has 2 rings (SSSR count). The molecule has 1 aromatic carbocycles. The van der Waals surface area contributed by atoms with Crippen LogP contribution in [-0.2, 0) is 0 Å². The van der Waals surface area contributed by atoms with Gasteiger partial charge in [-0.05, 0) is 31.4 Å². The van der Waals surface area contributed by atoms with Crippen LogP contribution < -0.4 is 5.32 Å². The number of carbonyl (C=O) groups excluding carboxylic acids is 1. The number of para-hydroxylation sites is 1. The van der Waals surface area contributed by atoms with Gasteiger partial charge in [0.1, 0.15) is 5.75 Å². The van der Waals surface area contributed by atoms with Crippen molar-refractivity contribution in [3.8, 4) is 5.75 Å². The molecule has 1 amide bonds. The lowest BCUT2D eigenvalue weighted by molar-refractivity contribution is -0.183. The van der Waals surface area contributed by atoms with Gasteiger partial charge in [-0.2, -0.15) is 13.2 Å². The topological polar surface area (TPSA) is 49.3 Å². The summed E-state index contributed by atoms with van der Waals surface area (Å²) in [6.45, 7) is 0. The summed E-state index contributed by atoms with van der Waals surface area (Å²) >= 11 is 0. The minimum absolute atomic E-state index is 0.0848. The Labute approximate surface area is 114 Å². The Morgan fingerprint density at radius 3 is 2.60 bits per heavy atom. The number of hydrogen-bond acceptors (Lipinski definition) is 2. The molecule has 6 heteroatoms. The molecule has 0 aromatic heterocycles. The van der Waals surface area contributed by atoms with Gasteiger partial charge in [-0.15, -0.1) is 0 Å². The van der Waals surface area contributed by atoms with Crippen LogP contribution >= 0.6 is 0 Å². The van der Waals surface area contributed by atoms with E-state index in [4.69, 9.17) is 0 Å². The van der Waals surface area contributed by atoms with E-state index in [-0.39, 0.29) is 24.2 Å². The van der Waals surface area contributed by atoms with E-state index in [0.29, 0.717) is 12.8 Å². The van der Waals surface area contributed by atoms with Crippen LogP contribution in [0.2, 0.25) is 0 Å². The molecule has 1 aliphatic carbocycles. The summed E-state index contributed by atoms with van der Waals surface area (Å²) in [4.78, 5) is 11.9. The van der Waals surface area contributed by atoms with Gasteiger partial charge < -0.3 is 10.4 Å². The summed E-state index contributed by atoms with van der Waals surface area (Å²) in [5.41, 5.74) is 0.0848. The van der Waals surface area contributed by atoms with E-state index in [2.05, 4.69) is 5.32 Å². The quantitative estimate of drug-likeness (QED) is 0.877. The molecule has 0 bridgehead atoms. The highest BCUT2D eigenvalue weighted by Gasteiger charge is 2.42. The van der Waals surface area contributed by atoms with E-state index in [0.717, 1.165) is 0 Å². The van der Waals surface area contributed by atoms with Crippen molar-refractivity contribution in [3.05, 3.63) is 29.8 Å². The first-order valence-electron chi connectivity index (χ1n) is 6.53. The Balaban J connectivity index is 2.00. The average Bonchev–Trinajstić information content (AvgIpc) is 2.38. The third-order valence-electron chi connectivity index (χ3n) is 3.62. The molecule has 0 spiro atoms. The van der Waals surface area contributed by atoms with Crippen molar-refractivity contribution in [2.24, 2.45) is 5.92 Å².